The number of fused-ring (bicyclic) bond motifs is 2. The Kier molecular flexibility index (Phi) is 5.74. The number of primary sulfonamides is 1. The predicted molar refractivity (Wildman–Crippen MR) is 116 cm³/mol. The maximum atomic E-state index is 13.2. The minimum atomic E-state index is -3.62. The number of benzene rings is 2. The maximum absolute atomic E-state index is 13.2. The Hall–Kier alpha value is -3.24. The van der Waals surface area contributed by atoms with Gasteiger partial charge in [-0.2, -0.15) is 0 Å². The van der Waals surface area contributed by atoms with Crippen LogP contribution < -0.4 is 15.8 Å². The third kappa shape index (κ3) is 4.37. The fraction of sp³-hybridized carbons (Fsp3) is 0.318. The van der Waals surface area contributed by atoms with Crippen LogP contribution in [-0.4, -0.2) is 37.7 Å². The summed E-state index contributed by atoms with van der Waals surface area (Å²) in [5, 5.41) is 10.5. The van der Waals surface area contributed by atoms with Crippen LogP contribution in [0.25, 0.3) is 0 Å². The summed E-state index contributed by atoms with van der Waals surface area (Å²) in [6.45, 7) is -0.204. The molecule has 1 aliphatic heterocycles. The van der Waals surface area contributed by atoms with Gasteiger partial charge in [-0.05, 0) is 41.5 Å². The highest BCUT2D eigenvalue weighted by Gasteiger charge is 2.54. The molecule has 1 aliphatic carbocycles. The van der Waals surface area contributed by atoms with Gasteiger partial charge in [0.25, 0.3) is 5.91 Å². The van der Waals surface area contributed by atoms with Gasteiger partial charge in [-0.15, -0.1) is 0 Å². The third-order valence-electron chi connectivity index (χ3n) is 5.83. The van der Waals surface area contributed by atoms with Gasteiger partial charge in [0.2, 0.25) is 15.9 Å². The molecule has 10 heteroatoms. The Labute approximate surface area is 186 Å². The second-order valence-electron chi connectivity index (χ2n) is 8.14. The monoisotopic (exact) mass is 456 g/mol. The second-order valence-corrected chi connectivity index (χ2v) is 9.75. The van der Waals surface area contributed by atoms with Crippen molar-refractivity contribution >= 4 is 27.9 Å². The van der Waals surface area contributed by atoms with Crippen molar-refractivity contribution in [3.63, 3.8) is 0 Å². The number of hydrogen-bond acceptors (Lipinski definition) is 5. The summed E-state index contributed by atoms with van der Waals surface area (Å²) in [4.78, 5) is 39.2. The van der Waals surface area contributed by atoms with E-state index in [0.29, 0.717) is 12.0 Å². The number of hydrogen-bond donors (Lipinski definition) is 3. The Morgan fingerprint density at radius 1 is 1.09 bits per heavy atom. The molecule has 1 heterocycles. The van der Waals surface area contributed by atoms with E-state index in [2.05, 4.69) is 10.6 Å². The quantitative estimate of drug-likeness (QED) is 0.554. The van der Waals surface area contributed by atoms with Crippen LogP contribution in [0.2, 0.25) is 0 Å². The molecule has 4 rings (SSSR count). The van der Waals surface area contributed by atoms with Gasteiger partial charge in [0.05, 0.1) is 5.75 Å². The highest BCUT2D eigenvalue weighted by atomic mass is 32.2. The number of aryl methyl sites for hydroxylation is 1. The highest BCUT2D eigenvalue weighted by Crippen LogP contribution is 2.39. The first kappa shape index (κ1) is 22.0. The molecule has 168 valence electrons. The van der Waals surface area contributed by atoms with Crippen molar-refractivity contribution in [3.05, 3.63) is 70.8 Å². The number of nitrogens with zero attached hydrogens (tertiary/aromatic N) is 1. The summed E-state index contributed by atoms with van der Waals surface area (Å²) in [5.74, 6) is -1.14. The topological polar surface area (TPSA) is 139 Å². The lowest BCUT2D eigenvalue weighted by atomic mass is 9.76. The highest BCUT2D eigenvalue weighted by molar-refractivity contribution is 7.88. The number of imide groups is 1. The summed E-state index contributed by atoms with van der Waals surface area (Å²) in [7, 11) is -3.62. The van der Waals surface area contributed by atoms with Crippen molar-refractivity contribution in [1.82, 2.24) is 15.5 Å². The van der Waals surface area contributed by atoms with Gasteiger partial charge < -0.3 is 10.6 Å². The molecule has 0 bridgehead atoms. The molecule has 0 radical (unpaired) electrons. The first-order valence-corrected chi connectivity index (χ1v) is 12.0. The van der Waals surface area contributed by atoms with Crippen LogP contribution in [-0.2, 0) is 43.9 Å². The SMILES string of the molecule is NS(=O)(=O)Cc1ccc(CNC(=O)CN2C(=O)NC3(CCCc4ccccc43)C2=O)cc1. The molecule has 1 fully saturated rings. The standard InChI is InChI=1S/C22H24N4O5S/c23-32(30,31)14-16-9-7-15(8-10-16)12-24-19(27)13-26-20(28)22(25-21(26)29)11-3-5-17-4-1-2-6-18(17)22/h1-2,4,6-10H,3,5,11-14H2,(H,24,27)(H,25,29)(H2,23,30,31). The van der Waals surface area contributed by atoms with E-state index < -0.39 is 33.4 Å². The number of amides is 4. The summed E-state index contributed by atoms with van der Waals surface area (Å²) >= 11 is 0. The van der Waals surface area contributed by atoms with E-state index in [4.69, 9.17) is 5.14 Å². The summed E-state index contributed by atoms with van der Waals surface area (Å²) < 4.78 is 22.3. The zero-order valence-corrected chi connectivity index (χ0v) is 18.2. The van der Waals surface area contributed by atoms with E-state index in [9.17, 15) is 22.8 Å². The molecule has 1 saturated heterocycles. The average Bonchev–Trinajstić information content (AvgIpc) is 2.97. The van der Waals surface area contributed by atoms with Crippen molar-refractivity contribution in [2.24, 2.45) is 5.14 Å². The van der Waals surface area contributed by atoms with E-state index in [1.807, 2.05) is 24.3 Å². The van der Waals surface area contributed by atoms with Crippen LogP contribution in [0.4, 0.5) is 4.79 Å². The van der Waals surface area contributed by atoms with Crippen LogP contribution in [0.1, 0.15) is 35.1 Å². The molecule has 2 aromatic rings. The van der Waals surface area contributed by atoms with Crippen LogP contribution in [0.15, 0.2) is 48.5 Å². The van der Waals surface area contributed by atoms with Gasteiger partial charge in [0, 0.05) is 6.54 Å². The number of carbonyl (C=O) groups excluding carboxylic acids is 3. The lowest BCUT2D eigenvalue weighted by molar-refractivity contribution is -0.135. The zero-order chi connectivity index (χ0) is 22.9. The molecule has 0 aromatic heterocycles. The minimum absolute atomic E-state index is 0.173. The van der Waals surface area contributed by atoms with Crippen LogP contribution in [0, 0.1) is 0 Å². The van der Waals surface area contributed by atoms with E-state index in [-0.39, 0.29) is 18.8 Å². The van der Waals surface area contributed by atoms with E-state index in [1.54, 1.807) is 24.3 Å². The number of urea groups is 1. The Balaban J connectivity index is 1.39. The Morgan fingerprint density at radius 3 is 2.50 bits per heavy atom. The van der Waals surface area contributed by atoms with Crippen LogP contribution in [0.3, 0.4) is 0 Å². The van der Waals surface area contributed by atoms with Crippen molar-refractivity contribution < 1.29 is 22.8 Å². The summed E-state index contributed by atoms with van der Waals surface area (Å²) in [6.07, 6.45) is 2.11. The van der Waals surface area contributed by atoms with Gasteiger partial charge in [0.15, 0.2) is 0 Å². The molecule has 9 nitrogen and oxygen atoms in total. The average molecular weight is 457 g/mol. The number of nitrogens with one attached hydrogen (secondary N) is 2. The lowest BCUT2D eigenvalue weighted by Gasteiger charge is -2.33. The molecule has 4 N–H and O–H groups in total. The van der Waals surface area contributed by atoms with E-state index >= 15 is 0 Å². The molecular formula is C22H24N4O5S. The molecule has 1 atom stereocenters. The van der Waals surface area contributed by atoms with Crippen LogP contribution >= 0.6 is 0 Å². The number of sulfonamides is 1. The van der Waals surface area contributed by atoms with Gasteiger partial charge in [-0.25, -0.2) is 18.4 Å². The van der Waals surface area contributed by atoms with Crippen molar-refractivity contribution in [1.29, 1.82) is 0 Å². The smallest absolute Gasteiger partial charge is 0.325 e. The number of rotatable bonds is 6. The van der Waals surface area contributed by atoms with Crippen molar-refractivity contribution in [3.8, 4) is 0 Å². The third-order valence-corrected chi connectivity index (χ3v) is 6.57. The fourth-order valence-electron chi connectivity index (χ4n) is 4.34. The normalized spacial score (nSPS) is 20.2. The van der Waals surface area contributed by atoms with Gasteiger partial charge in [0.1, 0.15) is 12.1 Å². The molecule has 0 saturated carbocycles. The second kappa shape index (κ2) is 8.36. The zero-order valence-electron chi connectivity index (χ0n) is 17.3. The maximum Gasteiger partial charge on any atom is 0.325 e. The molecular weight excluding hydrogens is 432 g/mol. The van der Waals surface area contributed by atoms with Crippen molar-refractivity contribution in [2.45, 2.75) is 37.1 Å². The molecule has 32 heavy (non-hydrogen) atoms. The van der Waals surface area contributed by atoms with Gasteiger partial charge in [-0.1, -0.05) is 48.5 Å². The Bertz CT molecular complexity index is 1180. The van der Waals surface area contributed by atoms with Gasteiger partial charge in [-0.3, -0.25) is 14.5 Å². The predicted octanol–water partition coefficient (Wildman–Crippen LogP) is 0.875. The first-order valence-electron chi connectivity index (χ1n) is 10.3. The van der Waals surface area contributed by atoms with Gasteiger partial charge >= 0.3 is 6.03 Å². The molecule has 4 amide bonds. The number of nitrogens with two attached hydrogens (primary N) is 1. The molecule has 2 aromatic carbocycles. The summed E-state index contributed by atoms with van der Waals surface area (Å²) in [5.41, 5.74) is 2.01. The number of carbonyl (C=O) groups is 3. The van der Waals surface area contributed by atoms with Crippen LogP contribution in [0.5, 0.6) is 0 Å². The van der Waals surface area contributed by atoms with Crippen molar-refractivity contribution in [2.75, 3.05) is 6.54 Å². The first-order chi connectivity index (χ1) is 15.2. The molecule has 2 aliphatic rings. The van der Waals surface area contributed by atoms with E-state index in [1.165, 1.54) is 0 Å². The van der Waals surface area contributed by atoms with E-state index in [0.717, 1.165) is 34.4 Å². The molecule has 1 unspecified atom stereocenters. The molecule has 1 spiro atoms. The summed E-state index contributed by atoms with van der Waals surface area (Å²) in [6, 6.07) is 13.6. The largest absolute Gasteiger partial charge is 0.350 e. The Morgan fingerprint density at radius 2 is 1.78 bits per heavy atom. The lowest BCUT2D eigenvalue weighted by Crippen LogP contribution is -2.47. The minimum Gasteiger partial charge on any atom is -0.350 e. The fourth-order valence-corrected chi connectivity index (χ4v) is 5.00.